The Labute approximate surface area is 119 Å². The lowest BCUT2D eigenvalue weighted by Gasteiger charge is -2.30. The van der Waals surface area contributed by atoms with E-state index < -0.39 is 21.8 Å². The summed E-state index contributed by atoms with van der Waals surface area (Å²) in [7, 11) is -2.99. The normalized spacial score (nSPS) is 23.2. The molecule has 1 fully saturated rings. The first-order chi connectivity index (χ1) is 8.99. The Balaban J connectivity index is 2.57. The lowest BCUT2D eigenvalue weighted by molar-refractivity contribution is -0.138. The number of aliphatic carboxylic acids is 1. The third kappa shape index (κ3) is 5.48. The quantitative estimate of drug-likeness (QED) is 0.783. The van der Waals surface area contributed by atoms with Crippen LogP contribution in [0.1, 0.15) is 40.0 Å². The maximum Gasteiger partial charge on any atom is 0.305 e. The van der Waals surface area contributed by atoms with E-state index in [1.54, 1.807) is 0 Å². The van der Waals surface area contributed by atoms with Gasteiger partial charge in [0.1, 0.15) is 0 Å². The standard InChI is InChI=1S/C13H23NO5S/c1-13(2,3)10(7-12(16)17)14-11(15)6-9-4-5-20(18,19)8-9/h9-10H,4-8H2,1-3H3,(H,14,15)(H,16,17). The summed E-state index contributed by atoms with van der Waals surface area (Å²) in [5.41, 5.74) is -0.365. The molecule has 20 heavy (non-hydrogen) atoms. The molecule has 2 N–H and O–H groups in total. The van der Waals surface area contributed by atoms with Gasteiger partial charge in [-0.15, -0.1) is 0 Å². The molecule has 1 rings (SSSR count). The molecule has 0 aliphatic carbocycles. The third-order valence-electron chi connectivity index (χ3n) is 3.56. The lowest BCUT2D eigenvalue weighted by Crippen LogP contribution is -2.45. The van der Waals surface area contributed by atoms with Crippen molar-refractivity contribution in [2.75, 3.05) is 11.5 Å². The number of hydrogen-bond donors (Lipinski definition) is 2. The monoisotopic (exact) mass is 305 g/mol. The molecule has 1 heterocycles. The van der Waals surface area contributed by atoms with Gasteiger partial charge in [0.15, 0.2) is 9.84 Å². The molecule has 1 aliphatic heterocycles. The Morgan fingerprint density at radius 1 is 1.35 bits per heavy atom. The third-order valence-corrected chi connectivity index (χ3v) is 5.40. The molecule has 2 unspecified atom stereocenters. The predicted octanol–water partition coefficient (Wildman–Crippen LogP) is 0.817. The summed E-state index contributed by atoms with van der Waals surface area (Å²) in [6, 6.07) is -0.467. The molecule has 0 saturated carbocycles. The van der Waals surface area contributed by atoms with Crippen LogP contribution in [0.15, 0.2) is 0 Å². The average molecular weight is 305 g/mol. The zero-order valence-electron chi connectivity index (χ0n) is 12.2. The van der Waals surface area contributed by atoms with Crippen LogP contribution in [-0.4, -0.2) is 42.9 Å². The maximum absolute atomic E-state index is 11.9. The summed E-state index contributed by atoms with van der Waals surface area (Å²) in [5.74, 6) is -1.19. The topological polar surface area (TPSA) is 101 Å². The van der Waals surface area contributed by atoms with E-state index in [0.717, 1.165) is 0 Å². The molecular weight excluding hydrogens is 282 g/mol. The Bertz CT molecular complexity index is 477. The number of rotatable bonds is 5. The van der Waals surface area contributed by atoms with Gasteiger partial charge < -0.3 is 10.4 Å². The molecule has 1 aliphatic rings. The van der Waals surface area contributed by atoms with Crippen molar-refractivity contribution < 1.29 is 23.1 Å². The minimum Gasteiger partial charge on any atom is -0.481 e. The molecule has 0 bridgehead atoms. The second kappa shape index (κ2) is 6.11. The summed E-state index contributed by atoms with van der Waals surface area (Å²) >= 11 is 0. The van der Waals surface area contributed by atoms with Gasteiger partial charge in [0.2, 0.25) is 5.91 Å². The summed E-state index contributed by atoms with van der Waals surface area (Å²) in [5, 5.41) is 11.6. The van der Waals surface area contributed by atoms with Gasteiger partial charge in [0.25, 0.3) is 0 Å². The van der Waals surface area contributed by atoms with Crippen LogP contribution in [0.5, 0.6) is 0 Å². The summed E-state index contributed by atoms with van der Waals surface area (Å²) in [4.78, 5) is 22.8. The van der Waals surface area contributed by atoms with Gasteiger partial charge in [0.05, 0.1) is 17.9 Å². The van der Waals surface area contributed by atoms with Gasteiger partial charge in [0, 0.05) is 12.5 Å². The van der Waals surface area contributed by atoms with E-state index >= 15 is 0 Å². The van der Waals surface area contributed by atoms with E-state index in [0.29, 0.717) is 6.42 Å². The van der Waals surface area contributed by atoms with E-state index in [1.165, 1.54) is 0 Å². The van der Waals surface area contributed by atoms with Gasteiger partial charge in [-0.1, -0.05) is 20.8 Å². The number of hydrogen-bond acceptors (Lipinski definition) is 4. The molecule has 0 radical (unpaired) electrons. The lowest BCUT2D eigenvalue weighted by atomic mass is 9.84. The van der Waals surface area contributed by atoms with Crippen LogP contribution in [0.3, 0.4) is 0 Å². The van der Waals surface area contributed by atoms with Crippen molar-refractivity contribution in [1.82, 2.24) is 5.32 Å². The van der Waals surface area contributed by atoms with Crippen LogP contribution in [0.25, 0.3) is 0 Å². The molecule has 7 heteroatoms. The van der Waals surface area contributed by atoms with Gasteiger partial charge in [-0.2, -0.15) is 0 Å². The Hall–Kier alpha value is -1.11. The van der Waals surface area contributed by atoms with Crippen molar-refractivity contribution in [3.8, 4) is 0 Å². The Morgan fingerprint density at radius 2 is 1.95 bits per heavy atom. The SMILES string of the molecule is CC(C)(C)C(CC(=O)O)NC(=O)CC1CCS(=O)(=O)C1. The summed E-state index contributed by atoms with van der Waals surface area (Å²) in [6.07, 6.45) is 0.512. The van der Waals surface area contributed by atoms with Crippen molar-refractivity contribution in [2.45, 2.75) is 46.1 Å². The van der Waals surface area contributed by atoms with E-state index in [-0.39, 0.29) is 41.6 Å². The van der Waals surface area contributed by atoms with Crippen LogP contribution in [0, 0.1) is 11.3 Å². The van der Waals surface area contributed by atoms with E-state index in [2.05, 4.69) is 5.32 Å². The van der Waals surface area contributed by atoms with Gasteiger partial charge in [-0.05, 0) is 17.8 Å². The molecule has 1 saturated heterocycles. The summed E-state index contributed by atoms with van der Waals surface area (Å²) in [6.45, 7) is 5.59. The molecule has 0 aromatic heterocycles. The van der Waals surface area contributed by atoms with Gasteiger partial charge >= 0.3 is 5.97 Å². The second-order valence-corrected chi connectivity index (χ2v) is 8.79. The molecule has 6 nitrogen and oxygen atoms in total. The van der Waals surface area contributed by atoms with Crippen molar-refractivity contribution in [2.24, 2.45) is 11.3 Å². The predicted molar refractivity (Wildman–Crippen MR) is 75.0 cm³/mol. The summed E-state index contributed by atoms with van der Waals surface area (Å²) < 4.78 is 22.7. The fraction of sp³-hybridized carbons (Fsp3) is 0.846. The largest absolute Gasteiger partial charge is 0.481 e. The minimum absolute atomic E-state index is 0.0551. The fourth-order valence-corrected chi connectivity index (χ4v) is 4.16. The fourth-order valence-electron chi connectivity index (χ4n) is 2.30. The van der Waals surface area contributed by atoms with Crippen molar-refractivity contribution in [3.05, 3.63) is 0 Å². The number of carboxylic acids is 1. The van der Waals surface area contributed by atoms with Crippen molar-refractivity contribution >= 4 is 21.7 Å². The molecular formula is C13H23NO5S. The van der Waals surface area contributed by atoms with Gasteiger partial charge in [-0.3, -0.25) is 9.59 Å². The Kier molecular flexibility index (Phi) is 5.18. The highest BCUT2D eigenvalue weighted by Crippen LogP contribution is 2.24. The molecule has 2 atom stereocenters. The zero-order chi connectivity index (χ0) is 15.6. The van der Waals surface area contributed by atoms with E-state index in [1.807, 2.05) is 20.8 Å². The van der Waals surface area contributed by atoms with Gasteiger partial charge in [-0.25, -0.2) is 8.42 Å². The number of carboxylic acid groups (broad SMARTS) is 1. The molecule has 0 aromatic rings. The number of amides is 1. The number of carbonyl (C=O) groups excluding carboxylic acids is 1. The second-order valence-electron chi connectivity index (χ2n) is 6.56. The number of nitrogens with one attached hydrogen (secondary N) is 1. The number of carbonyl (C=O) groups is 2. The van der Waals surface area contributed by atoms with Crippen LogP contribution in [0.2, 0.25) is 0 Å². The van der Waals surface area contributed by atoms with Crippen LogP contribution < -0.4 is 5.32 Å². The van der Waals surface area contributed by atoms with Crippen LogP contribution in [-0.2, 0) is 19.4 Å². The highest BCUT2D eigenvalue weighted by molar-refractivity contribution is 7.91. The van der Waals surface area contributed by atoms with E-state index in [4.69, 9.17) is 5.11 Å². The minimum atomic E-state index is -2.99. The van der Waals surface area contributed by atoms with E-state index in [9.17, 15) is 18.0 Å². The first kappa shape index (κ1) is 16.9. The van der Waals surface area contributed by atoms with Crippen LogP contribution >= 0.6 is 0 Å². The highest BCUT2D eigenvalue weighted by atomic mass is 32.2. The number of sulfone groups is 1. The molecule has 116 valence electrons. The highest BCUT2D eigenvalue weighted by Gasteiger charge is 2.32. The maximum atomic E-state index is 11.9. The zero-order valence-corrected chi connectivity index (χ0v) is 13.0. The molecule has 1 amide bonds. The first-order valence-corrected chi connectivity index (χ1v) is 8.53. The average Bonchev–Trinajstić information content (AvgIpc) is 2.54. The first-order valence-electron chi connectivity index (χ1n) is 6.71. The van der Waals surface area contributed by atoms with Crippen molar-refractivity contribution in [1.29, 1.82) is 0 Å². The Morgan fingerprint density at radius 3 is 2.35 bits per heavy atom. The smallest absolute Gasteiger partial charge is 0.305 e. The van der Waals surface area contributed by atoms with Crippen molar-refractivity contribution in [3.63, 3.8) is 0 Å². The molecule has 0 spiro atoms. The molecule has 0 aromatic carbocycles. The van der Waals surface area contributed by atoms with Crippen LogP contribution in [0.4, 0.5) is 0 Å².